The zero-order chi connectivity index (χ0) is 34.1. The molecule has 0 bridgehead atoms. The third kappa shape index (κ3) is 6.00. The molecule has 1 unspecified atom stereocenters. The van der Waals surface area contributed by atoms with Crippen molar-refractivity contribution in [1.29, 1.82) is 0 Å². The van der Waals surface area contributed by atoms with Gasteiger partial charge in [0.15, 0.2) is 11.5 Å². The number of aromatic amines is 1. The summed E-state index contributed by atoms with van der Waals surface area (Å²) in [5.41, 5.74) is 3.62. The van der Waals surface area contributed by atoms with Gasteiger partial charge in [-0.15, -0.1) is 0 Å². The molecule has 3 aliphatic rings. The minimum Gasteiger partial charge on any atom is -0.497 e. The Morgan fingerprint density at radius 2 is 1.71 bits per heavy atom. The maximum absolute atomic E-state index is 13.7. The summed E-state index contributed by atoms with van der Waals surface area (Å²) in [5.74, 6) is -0.833. The molecule has 3 heterocycles. The van der Waals surface area contributed by atoms with Gasteiger partial charge in [0.1, 0.15) is 18.0 Å². The molecule has 1 aliphatic carbocycles. The summed E-state index contributed by atoms with van der Waals surface area (Å²) in [6.07, 6.45) is -0.298. The van der Waals surface area contributed by atoms with Gasteiger partial charge < -0.3 is 42.9 Å². The maximum Gasteiger partial charge on any atom is 0.514 e. The second kappa shape index (κ2) is 13.9. The van der Waals surface area contributed by atoms with Gasteiger partial charge in [0.25, 0.3) is 0 Å². The first-order valence-electron chi connectivity index (χ1n) is 16.1. The minimum absolute atomic E-state index is 0.0356. The van der Waals surface area contributed by atoms with Crippen LogP contribution in [0.15, 0.2) is 30.3 Å². The molecule has 0 radical (unpaired) electrons. The van der Waals surface area contributed by atoms with Crippen molar-refractivity contribution in [3.8, 4) is 23.0 Å². The van der Waals surface area contributed by atoms with Crippen LogP contribution in [0, 0.1) is 17.8 Å². The summed E-state index contributed by atoms with van der Waals surface area (Å²) in [4.78, 5) is 45.3. The van der Waals surface area contributed by atoms with Crippen LogP contribution in [0.25, 0.3) is 10.9 Å². The molecular weight excluding hydrogens is 624 g/mol. The van der Waals surface area contributed by atoms with Crippen LogP contribution in [0.5, 0.6) is 23.0 Å². The van der Waals surface area contributed by atoms with Gasteiger partial charge in [-0.05, 0) is 67.9 Å². The molecule has 0 spiro atoms. The zero-order valence-corrected chi connectivity index (χ0v) is 28.0. The number of hydrogen-bond acceptors (Lipinski definition) is 12. The van der Waals surface area contributed by atoms with Crippen LogP contribution >= 0.6 is 0 Å². The lowest BCUT2D eigenvalue weighted by Crippen LogP contribution is -2.58. The number of methoxy groups -OCH3 is 5. The topological polar surface area (TPSA) is 144 Å². The SMILES string of the molecule is CCOC(=O)Oc1c(OC)cc(C(=O)O[C@@H]2C[C@@H]3CN4CCc5c([nH]c6cc(OC)ccc56)[C@H]4CC3[C@H](C(=O)OC)[C@H]2OC)cc1OC. The van der Waals surface area contributed by atoms with Crippen LogP contribution in [0.1, 0.15) is 47.4 Å². The second-order valence-electron chi connectivity index (χ2n) is 12.3. The Hall–Kier alpha value is -4.49. The van der Waals surface area contributed by atoms with Gasteiger partial charge in [0, 0.05) is 42.9 Å². The molecule has 258 valence electrons. The van der Waals surface area contributed by atoms with Gasteiger partial charge in [-0.3, -0.25) is 9.69 Å². The van der Waals surface area contributed by atoms with E-state index in [1.165, 1.54) is 57.2 Å². The molecule has 1 saturated carbocycles. The quantitative estimate of drug-likeness (QED) is 0.192. The first kappa shape index (κ1) is 33.4. The smallest absolute Gasteiger partial charge is 0.497 e. The number of fused-ring (bicyclic) bond motifs is 6. The number of hydrogen-bond donors (Lipinski definition) is 1. The van der Waals surface area contributed by atoms with Crippen molar-refractivity contribution >= 4 is 29.0 Å². The Balaban J connectivity index is 1.27. The van der Waals surface area contributed by atoms with Gasteiger partial charge in [0.05, 0.1) is 52.6 Å². The van der Waals surface area contributed by atoms with Gasteiger partial charge in [-0.25, -0.2) is 9.59 Å². The highest BCUT2D eigenvalue weighted by molar-refractivity contribution is 5.92. The Labute approximate surface area is 278 Å². The third-order valence-electron chi connectivity index (χ3n) is 10.0. The summed E-state index contributed by atoms with van der Waals surface area (Å²) in [6.45, 7) is 3.37. The van der Waals surface area contributed by atoms with Crippen LogP contribution in [-0.2, 0) is 30.2 Å². The van der Waals surface area contributed by atoms with Gasteiger partial charge in [0.2, 0.25) is 5.75 Å². The molecule has 1 aromatic heterocycles. The van der Waals surface area contributed by atoms with E-state index in [0.717, 1.165) is 37.2 Å². The summed E-state index contributed by atoms with van der Waals surface area (Å²) >= 11 is 0. The lowest BCUT2D eigenvalue weighted by atomic mass is 9.63. The number of aromatic nitrogens is 1. The second-order valence-corrected chi connectivity index (χ2v) is 12.3. The normalized spacial score (nSPS) is 24.8. The van der Waals surface area contributed by atoms with Crippen molar-refractivity contribution in [3.63, 3.8) is 0 Å². The molecule has 13 nitrogen and oxygen atoms in total. The van der Waals surface area contributed by atoms with Crippen molar-refractivity contribution in [2.45, 2.75) is 44.4 Å². The number of piperidine rings is 1. The lowest BCUT2D eigenvalue weighted by molar-refractivity contribution is -0.176. The summed E-state index contributed by atoms with van der Waals surface area (Å²) in [7, 11) is 7.30. The summed E-state index contributed by atoms with van der Waals surface area (Å²) in [5, 5.41) is 1.19. The molecule has 0 amide bonds. The number of nitrogens with zero attached hydrogens (tertiary/aromatic N) is 1. The van der Waals surface area contributed by atoms with E-state index in [9.17, 15) is 14.4 Å². The minimum atomic E-state index is -0.942. The van der Waals surface area contributed by atoms with Crippen LogP contribution in [-0.4, -0.2) is 95.4 Å². The molecule has 2 aromatic carbocycles. The fourth-order valence-electron chi connectivity index (χ4n) is 7.89. The largest absolute Gasteiger partial charge is 0.514 e. The maximum atomic E-state index is 13.7. The predicted molar refractivity (Wildman–Crippen MR) is 172 cm³/mol. The van der Waals surface area contributed by atoms with E-state index in [0.29, 0.717) is 6.42 Å². The number of rotatable bonds is 9. The molecule has 1 N–H and O–H groups in total. The van der Waals surface area contributed by atoms with Crippen LogP contribution in [0.4, 0.5) is 4.79 Å². The Morgan fingerprint density at radius 1 is 0.958 bits per heavy atom. The number of carbonyl (C=O) groups excluding carboxylic acids is 3. The van der Waals surface area contributed by atoms with Crippen molar-refractivity contribution in [2.75, 3.05) is 55.2 Å². The van der Waals surface area contributed by atoms with E-state index in [1.54, 1.807) is 14.0 Å². The number of ether oxygens (including phenoxy) is 8. The van der Waals surface area contributed by atoms with Crippen molar-refractivity contribution in [1.82, 2.24) is 9.88 Å². The van der Waals surface area contributed by atoms with E-state index in [4.69, 9.17) is 37.9 Å². The Kier molecular flexibility index (Phi) is 9.70. The van der Waals surface area contributed by atoms with Gasteiger partial charge in [-0.2, -0.15) is 0 Å². The first-order valence-corrected chi connectivity index (χ1v) is 16.1. The third-order valence-corrected chi connectivity index (χ3v) is 10.0. The molecule has 13 heteroatoms. The fraction of sp³-hybridized carbons (Fsp3) is 0.514. The molecular formula is C35H42N2O11. The Bertz CT molecular complexity index is 1660. The van der Waals surface area contributed by atoms with E-state index < -0.39 is 36.2 Å². The number of nitrogens with one attached hydrogen (secondary N) is 1. The van der Waals surface area contributed by atoms with Gasteiger partial charge in [-0.1, -0.05) is 0 Å². The van der Waals surface area contributed by atoms with E-state index >= 15 is 0 Å². The average Bonchev–Trinajstić information content (AvgIpc) is 3.48. The highest BCUT2D eigenvalue weighted by Crippen LogP contribution is 2.51. The molecule has 3 aromatic rings. The molecule has 6 atom stereocenters. The van der Waals surface area contributed by atoms with Crippen molar-refractivity contribution < 1.29 is 52.3 Å². The lowest BCUT2D eigenvalue weighted by Gasteiger charge is -2.52. The number of H-pyrrole nitrogens is 1. The molecule has 1 saturated heterocycles. The predicted octanol–water partition coefficient (Wildman–Crippen LogP) is 4.70. The summed E-state index contributed by atoms with van der Waals surface area (Å²) < 4.78 is 43.8. The highest BCUT2D eigenvalue weighted by atomic mass is 16.7. The molecule has 2 aliphatic heterocycles. The number of benzene rings is 2. The van der Waals surface area contributed by atoms with Crippen LogP contribution in [0.2, 0.25) is 0 Å². The van der Waals surface area contributed by atoms with Crippen LogP contribution in [0.3, 0.4) is 0 Å². The fourth-order valence-corrected chi connectivity index (χ4v) is 7.89. The standard InChI is InChI=1S/C35H42N2O11/c1-7-46-35(40)48-31-26(42-3)12-18(13-27(31)43-4)33(38)47-28-14-19-17-37-11-10-22-21-9-8-20(41-2)15-24(21)36-30(22)25(37)16-23(19)29(32(28)44-5)34(39)45-6/h8-9,12-13,15,19,23,25,28-29,32,36H,7,10-11,14,16-17H2,1-6H3/t19-,23?,25-,28-,29+,32+/m1/s1. The van der Waals surface area contributed by atoms with Crippen molar-refractivity contribution in [3.05, 3.63) is 47.2 Å². The number of esters is 2. The van der Waals surface area contributed by atoms with E-state index in [-0.39, 0.29) is 47.3 Å². The number of carbonyl (C=O) groups is 3. The monoisotopic (exact) mass is 666 g/mol. The van der Waals surface area contributed by atoms with E-state index in [2.05, 4.69) is 16.0 Å². The average molecular weight is 667 g/mol. The first-order chi connectivity index (χ1) is 23.2. The molecule has 6 rings (SSSR count). The van der Waals surface area contributed by atoms with E-state index in [1.807, 2.05) is 12.1 Å². The molecule has 48 heavy (non-hydrogen) atoms. The zero-order valence-electron chi connectivity index (χ0n) is 28.0. The van der Waals surface area contributed by atoms with Crippen molar-refractivity contribution in [2.24, 2.45) is 17.8 Å². The van der Waals surface area contributed by atoms with Gasteiger partial charge >= 0.3 is 18.1 Å². The molecule has 2 fully saturated rings. The Morgan fingerprint density at radius 3 is 2.35 bits per heavy atom. The van der Waals surface area contributed by atoms with Crippen LogP contribution < -0.4 is 18.9 Å². The highest BCUT2D eigenvalue weighted by Gasteiger charge is 2.54. The summed E-state index contributed by atoms with van der Waals surface area (Å²) in [6, 6.07) is 9.00.